The molecule has 0 bridgehead atoms. The summed E-state index contributed by atoms with van der Waals surface area (Å²) in [5, 5.41) is 3.26. The van der Waals surface area contributed by atoms with Gasteiger partial charge in [-0.2, -0.15) is 0 Å². The van der Waals surface area contributed by atoms with E-state index < -0.39 is 0 Å². The minimum absolute atomic E-state index is 0.178. The summed E-state index contributed by atoms with van der Waals surface area (Å²) in [4.78, 5) is 11.5. The lowest BCUT2D eigenvalue weighted by Crippen LogP contribution is -2.16. The summed E-state index contributed by atoms with van der Waals surface area (Å²) in [5.41, 5.74) is 1.73. The number of para-hydroxylation sites is 1. The lowest BCUT2D eigenvalue weighted by molar-refractivity contribution is -0.140. The maximum atomic E-state index is 13.0. The Morgan fingerprint density at radius 3 is 2.40 bits per heavy atom. The van der Waals surface area contributed by atoms with E-state index in [9.17, 15) is 9.18 Å². The Bertz CT molecular complexity index is 554. The number of hydrogen-bond acceptors (Lipinski definition) is 3. The van der Waals surface area contributed by atoms with Gasteiger partial charge in [-0.3, -0.25) is 4.79 Å². The van der Waals surface area contributed by atoms with Crippen molar-refractivity contribution >= 4 is 11.7 Å². The van der Waals surface area contributed by atoms with E-state index >= 15 is 0 Å². The molecule has 1 N–H and O–H groups in total. The average molecular weight is 273 g/mol. The minimum Gasteiger partial charge on any atom is -0.469 e. The third kappa shape index (κ3) is 3.82. The summed E-state index contributed by atoms with van der Waals surface area (Å²) in [5.74, 6) is -0.618. The highest BCUT2D eigenvalue weighted by Crippen LogP contribution is 2.23. The lowest BCUT2D eigenvalue weighted by atomic mass is 10.0. The van der Waals surface area contributed by atoms with E-state index in [-0.39, 0.29) is 24.2 Å². The zero-order valence-electron chi connectivity index (χ0n) is 11.2. The molecule has 0 fully saturated rings. The predicted octanol–water partition coefficient (Wildman–Crippen LogP) is 3.54. The van der Waals surface area contributed by atoms with Gasteiger partial charge in [-0.25, -0.2) is 4.39 Å². The van der Waals surface area contributed by atoms with Gasteiger partial charge in [-0.05, 0) is 29.8 Å². The number of ether oxygens (including phenoxy) is 1. The van der Waals surface area contributed by atoms with E-state index in [0.29, 0.717) is 0 Å². The van der Waals surface area contributed by atoms with Crippen molar-refractivity contribution in [3.8, 4) is 0 Å². The molecule has 0 radical (unpaired) electrons. The minimum atomic E-state index is -0.317. The van der Waals surface area contributed by atoms with Gasteiger partial charge in [0.2, 0.25) is 0 Å². The van der Waals surface area contributed by atoms with Crippen LogP contribution < -0.4 is 5.32 Å². The molecular weight excluding hydrogens is 257 g/mol. The molecule has 0 aliphatic rings. The predicted molar refractivity (Wildman–Crippen MR) is 75.8 cm³/mol. The summed E-state index contributed by atoms with van der Waals surface area (Å²) in [6, 6.07) is 15.4. The zero-order valence-corrected chi connectivity index (χ0v) is 11.2. The van der Waals surface area contributed by atoms with Crippen molar-refractivity contribution < 1.29 is 13.9 Å². The molecule has 0 saturated carbocycles. The molecule has 2 aromatic carbocycles. The van der Waals surface area contributed by atoms with Crippen LogP contribution in [0, 0.1) is 5.82 Å². The Balaban J connectivity index is 2.20. The van der Waals surface area contributed by atoms with Crippen LogP contribution in [0.3, 0.4) is 0 Å². The molecule has 20 heavy (non-hydrogen) atoms. The van der Waals surface area contributed by atoms with Crippen LogP contribution in [0.4, 0.5) is 10.1 Å². The highest BCUT2D eigenvalue weighted by molar-refractivity contribution is 5.71. The lowest BCUT2D eigenvalue weighted by Gasteiger charge is -2.19. The van der Waals surface area contributed by atoms with Crippen LogP contribution in [0.2, 0.25) is 0 Å². The third-order valence-corrected chi connectivity index (χ3v) is 2.99. The first kappa shape index (κ1) is 14.1. The van der Waals surface area contributed by atoms with Crippen LogP contribution in [0.25, 0.3) is 0 Å². The van der Waals surface area contributed by atoms with Crippen LogP contribution >= 0.6 is 0 Å². The number of carbonyl (C=O) groups excluding carboxylic acids is 1. The Kier molecular flexibility index (Phi) is 4.71. The molecule has 2 aromatic rings. The van der Waals surface area contributed by atoms with Crippen molar-refractivity contribution in [1.82, 2.24) is 0 Å². The summed E-state index contributed by atoms with van der Waals surface area (Å²) in [6.07, 6.45) is 0.178. The smallest absolute Gasteiger partial charge is 0.307 e. The average Bonchev–Trinajstić information content (AvgIpc) is 2.48. The molecule has 2 rings (SSSR count). The topological polar surface area (TPSA) is 38.3 Å². The second-order valence-electron chi connectivity index (χ2n) is 4.39. The van der Waals surface area contributed by atoms with Crippen LogP contribution in [0.15, 0.2) is 54.6 Å². The Hall–Kier alpha value is -2.36. The van der Waals surface area contributed by atoms with Crippen LogP contribution in [-0.2, 0) is 9.53 Å². The van der Waals surface area contributed by atoms with Crippen LogP contribution in [0.1, 0.15) is 18.0 Å². The van der Waals surface area contributed by atoms with Crippen molar-refractivity contribution in [1.29, 1.82) is 0 Å². The van der Waals surface area contributed by atoms with Crippen LogP contribution in [0.5, 0.6) is 0 Å². The number of nitrogens with one attached hydrogen (secondary N) is 1. The van der Waals surface area contributed by atoms with Gasteiger partial charge in [-0.1, -0.05) is 30.3 Å². The summed E-state index contributed by atoms with van der Waals surface area (Å²) in [7, 11) is 1.35. The number of hydrogen-bond donors (Lipinski definition) is 1. The van der Waals surface area contributed by atoms with Crippen LogP contribution in [-0.4, -0.2) is 13.1 Å². The zero-order chi connectivity index (χ0) is 14.4. The molecule has 0 aromatic heterocycles. The maximum Gasteiger partial charge on any atom is 0.307 e. The Morgan fingerprint density at radius 2 is 1.80 bits per heavy atom. The molecule has 1 atom stereocenters. The monoisotopic (exact) mass is 273 g/mol. The number of carbonyl (C=O) groups is 1. The van der Waals surface area contributed by atoms with E-state index in [1.54, 1.807) is 12.1 Å². The quantitative estimate of drug-likeness (QED) is 0.847. The third-order valence-electron chi connectivity index (χ3n) is 2.99. The first-order valence-electron chi connectivity index (χ1n) is 6.33. The number of halogens is 1. The van der Waals surface area contributed by atoms with Crippen molar-refractivity contribution in [2.45, 2.75) is 12.5 Å². The largest absolute Gasteiger partial charge is 0.469 e. The standard InChI is InChI=1S/C16H16FNO2/c1-20-16(19)11-15(12-7-9-13(17)10-8-12)18-14-5-3-2-4-6-14/h2-10,15,18H,11H2,1H3. The van der Waals surface area contributed by atoms with E-state index in [4.69, 9.17) is 4.74 Å². The van der Waals surface area contributed by atoms with Gasteiger partial charge in [0.25, 0.3) is 0 Å². The van der Waals surface area contributed by atoms with Gasteiger partial charge >= 0.3 is 5.97 Å². The fraction of sp³-hybridized carbons (Fsp3) is 0.188. The van der Waals surface area contributed by atoms with Gasteiger partial charge in [0, 0.05) is 5.69 Å². The highest BCUT2D eigenvalue weighted by atomic mass is 19.1. The number of benzene rings is 2. The molecule has 0 saturated heterocycles. The van der Waals surface area contributed by atoms with Gasteiger partial charge in [0.05, 0.1) is 19.6 Å². The Morgan fingerprint density at radius 1 is 1.15 bits per heavy atom. The molecule has 1 unspecified atom stereocenters. The molecule has 0 aliphatic heterocycles. The van der Waals surface area contributed by atoms with Gasteiger partial charge in [-0.15, -0.1) is 0 Å². The highest BCUT2D eigenvalue weighted by Gasteiger charge is 2.16. The van der Waals surface area contributed by atoms with Crippen molar-refractivity contribution in [3.63, 3.8) is 0 Å². The number of methoxy groups -OCH3 is 1. The van der Waals surface area contributed by atoms with Gasteiger partial charge < -0.3 is 10.1 Å². The normalized spacial score (nSPS) is 11.7. The summed E-state index contributed by atoms with van der Waals surface area (Å²) < 4.78 is 17.7. The number of esters is 1. The molecule has 0 heterocycles. The number of anilines is 1. The van der Waals surface area contributed by atoms with Crippen molar-refractivity contribution in [3.05, 3.63) is 66.0 Å². The first-order chi connectivity index (χ1) is 9.69. The SMILES string of the molecule is COC(=O)CC(Nc1ccccc1)c1ccc(F)cc1. The summed E-state index contributed by atoms with van der Waals surface area (Å²) in [6.45, 7) is 0. The molecule has 3 nitrogen and oxygen atoms in total. The van der Waals surface area contributed by atoms with E-state index in [1.807, 2.05) is 30.3 Å². The fourth-order valence-electron chi connectivity index (χ4n) is 1.93. The van der Waals surface area contributed by atoms with Crippen molar-refractivity contribution in [2.24, 2.45) is 0 Å². The molecule has 4 heteroatoms. The van der Waals surface area contributed by atoms with E-state index in [1.165, 1.54) is 19.2 Å². The van der Waals surface area contributed by atoms with Gasteiger partial charge in [0.1, 0.15) is 5.82 Å². The van der Waals surface area contributed by atoms with E-state index in [0.717, 1.165) is 11.3 Å². The Labute approximate surface area is 117 Å². The first-order valence-corrected chi connectivity index (χ1v) is 6.33. The van der Waals surface area contributed by atoms with Crippen molar-refractivity contribution in [2.75, 3.05) is 12.4 Å². The number of rotatable bonds is 5. The fourth-order valence-corrected chi connectivity index (χ4v) is 1.93. The molecular formula is C16H16FNO2. The maximum absolute atomic E-state index is 13.0. The summed E-state index contributed by atoms with van der Waals surface area (Å²) >= 11 is 0. The van der Waals surface area contributed by atoms with Gasteiger partial charge in [0.15, 0.2) is 0 Å². The van der Waals surface area contributed by atoms with E-state index in [2.05, 4.69) is 5.32 Å². The molecule has 0 amide bonds. The molecule has 104 valence electrons. The second kappa shape index (κ2) is 6.70. The second-order valence-corrected chi connectivity index (χ2v) is 4.39. The molecule has 0 aliphatic carbocycles. The molecule has 0 spiro atoms.